The molecule has 3 heterocycles. The van der Waals surface area contributed by atoms with E-state index in [-0.39, 0.29) is 0 Å². The highest BCUT2D eigenvalue weighted by molar-refractivity contribution is 5.44. The van der Waals surface area contributed by atoms with Gasteiger partial charge in [-0.05, 0) is 42.5 Å². The molecule has 1 aromatic heterocycles. The molecule has 1 aromatic carbocycles. The van der Waals surface area contributed by atoms with Gasteiger partial charge >= 0.3 is 0 Å². The monoisotopic (exact) mass is 309 g/mol. The van der Waals surface area contributed by atoms with Crippen LogP contribution in [-0.2, 0) is 19.5 Å². The number of hydrogen-bond acceptors (Lipinski definition) is 5. The summed E-state index contributed by atoms with van der Waals surface area (Å²) in [5.41, 5.74) is 3.79. The van der Waals surface area contributed by atoms with Gasteiger partial charge < -0.3 is 9.47 Å². The fraction of sp³-hybridized carbons (Fsp3) is 0.444. The minimum Gasteiger partial charge on any atom is -0.454 e. The molecule has 0 radical (unpaired) electrons. The predicted molar refractivity (Wildman–Crippen MR) is 84.4 cm³/mol. The molecular formula is C18H19N3O2. The molecule has 0 unspecified atom stereocenters. The van der Waals surface area contributed by atoms with Crippen molar-refractivity contribution in [1.82, 2.24) is 14.9 Å². The summed E-state index contributed by atoms with van der Waals surface area (Å²) >= 11 is 0. The third kappa shape index (κ3) is 2.55. The van der Waals surface area contributed by atoms with Crippen LogP contribution < -0.4 is 9.47 Å². The lowest BCUT2D eigenvalue weighted by Crippen LogP contribution is -2.31. The lowest BCUT2D eigenvalue weighted by atomic mass is 10.1. The van der Waals surface area contributed by atoms with Crippen LogP contribution in [-0.4, -0.2) is 28.2 Å². The van der Waals surface area contributed by atoms with E-state index in [4.69, 9.17) is 14.5 Å². The summed E-state index contributed by atoms with van der Waals surface area (Å²) in [5.74, 6) is 3.37. The molecule has 5 heteroatoms. The largest absolute Gasteiger partial charge is 0.454 e. The lowest BCUT2D eigenvalue weighted by Gasteiger charge is -2.28. The summed E-state index contributed by atoms with van der Waals surface area (Å²) in [6.07, 6.45) is 5.58. The van der Waals surface area contributed by atoms with E-state index in [1.807, 2.05) is 12.3 Å². The smallest absolute Gasteiger partial charge is 0.231 e. The van der Waals surface area contributed by atoms with E-state index in [1.54, 1.807) is 0 Å². The number of nitrogens with zero attached hydrogens (tertiary/aromatic N) is 3. The van der Waals surface area contributed by atoms with Crippen molar-refractivity contribution in [3.8, 4) is 11.5 Å². The first-order chi connectivity index (χ1) is 11.3. The number of fused-ring (bicyclic) bond motifs is 2. The van der Waals surface area contributed by atoms with Crippen LogP contribution >= 0.6 is 0 Å². The highest BCUT2D eigenvalue weighted by Crippen LogP contribution is 2.38. The molecule has 0 N–H and O–H groups in total. The Kier molecular flexibility index (Phi) is 3.01. The van der Waals surface area contributed by atoms with Gasteiger partial charge in [0.15, 0.2) is 11.5 Å². The number of hydrogen-bond donors (Lipinski definition) is 0. The first kappa shape index (κ1) is 13.3. The minimum atomic E-state index is 0.330. The van der Waals surface area contributed by atoms with Crippen molar-refractivity contribution in [3.63, 3.8) is 0 Å². The fourth-order valence-corrected chi connectivity index (χ4v) is 3.34. The van der Waals surface area contributed by atoms with E-state index >= 15 is 0 Å². The Hall–Kier alpha value is -2.14. The van der Waals surface area contributed by atoms with Crippen LogP contribution in [0.25, 0.3) is 0 Å². The zero-order valence-electron chi connectivity index (χ0n) is 13.0. The molecule has 23 heavy (non-hydrogen) atoms. The van der Waals surface area contributed by atoms with Crippen molar-refractivity contribution in [2.24, 2.45) is 0 Å². The zero-order chi connectivity index (χ0) is 15.2. The first-order valence-electron chi connectivity index (χ1n) is 8.31. The maximum atomic E-state index is 5.47. The fourth-order valence-electron chi connectivity index (χ4n) is 3.34. The van der Waals surface area contributed by atoms with Gasteiger partial charge in [0.05, 0.1) is 5.69 Å². The average molecular weight is 309 g/mol. The van der Waals surface area contributed by atoms with E-state index in [2.05, 4.69) is 22.0 Å². The van der Waals surface area contributed by atoms with Gasteiger partial charge in [-0.1, -0.05) is 6.07 Å². The lowest BCUT2D eigenvalue weighted by molar-refractivity contribution is 0.174. The van der Waals surface area contributed by atoms with Crippen molar-refractivity contribution in [3.05, 3.63) is 47.0 Å². The Morgan fingerprint density at radius 3 is 3.00 bits per heavy atom. The minimum absolute atomic E-state index is 0.330. The van der Waals surface area contributed by atoms with Crippen LogP contribution in [0.15, 0.2) is 24.4 Å². The van der Waals surface area contributed by atoms with Crippen molar-refractivity contribution < 1.29 is 9.47 Å². The van der Waals surface area contributed by atoms with Crippen LogP contribution in [0.2, 0.25) is 0 Å². The molecule has 0 amide bonds. The second-order valence-electron chi connectivity index (χ2n) is 6.62. The average Bonchev–Trinajstić information content (AvgIpc) is 3.32. The molecule has 2 aromatic rings. The topological polar surface area (TPSA) is 47.5 Å². The Balaban J connectivity index is 1.33. The zero-order valence-corrected chi connectivity index (χ0v) is 13.0. The van der Waals surface area contributed by atoms with Gasteiger partial charge in [-0.2, -0.15) is 0 Å². The Morgan fingerprint density at radius 2 is 2.09 bits per heavy atom. The Bertz CT molecular complexity index is 758. The molecule has 1 saturated carbocycles. The summed E-state index contributed by atoms with van der Waals surface area (Å²) in [4.78, 5) is 11.8. The molecule has 0 saturated heterocycles. The van der Waals surface area contributed by atoms with E-state index in [0.29, 0.717) is 12.7 Å². The third-order valence-corrected chi connectivity index (χ3v) is 4.83. The molecule has 1 fully saturated rings. The van der Waals surface area contributed by atoms with E-state index in [0.717, 1.165) is 43.4 Å². The number of rotatable bonds is 3. The number of aromatic nitrogens is 2. The quantitative estimate of drug-likeness (QED) is 0.872. The highest BCUT2D eigenvalue weighted by Gasteiger charge is 2.28. The van der Waals surface area contributed by atoms with Gasteiger partial charge in [-0.3, -0.25) is 4.90 Å². The highest BCUT2D eigenvalue weighted by atomic mass is 16.7. The van der Waals surface area contributed by atoms with Gasteiger partial charge in [-0.15, -0.1) is 0 Å². The molecule has 0 bridgehead atoms. The van der Waals surface area contributed by atoms with E-state index in [1.165, 1.54) is 29.7 Å². The maximum absolute atomic E-state index is 5.47. The summed E-state index contributed by atoms with van der Waals surface area (Å²) in [6.45, 7) is 3.20. The maximum Gasteiger partial charge on any atom is 0.231 e. The molecule has 2 aliphatic heterocycles. The van der Waals surface area contributed by atoms with Gasteiger partial charge in [-0.25, -0.2) is 9.97 Å². The first-order valence-corrected chi connectivity index (χ1v) is 8.31. The SMILES string of the molecule is c1cc2c(cc1CN1CCc3cnc(C4CC4)nc3C1)OCO2. The van der Waals surface area contributed by atoms with Crippen LogP contribution in [0.3, 0.4) is 0 Å². The Labute approximate surface area is 135 Å². The second-order valence-corrected chi connectivity index (χ2v) is 6.62. The van der Waals surface area contributed by atoms with Crippen LogP contribution in [0.4, 0.5) is 0 Å². The van der Waals surface area contributed by atoms with Crippen molar-refractivity contribution in [2.45, 2.75) is 38.3 Å². The summed E-state index contributed by atoms with van der Waals surface area (Å²) in [7, 11) is 0. The van der Waals surface area contributed by atoms with E-state index in [9.17, 15) is 0 Å². The molecule has 0 spiro atoms. The predicted octanol–water partition coefficient (Wildman–Crippen LogP) is 2.64. The van der Waals surface area contributed by atoms with Crippen LogP contribution in [0, 0.1) is 0 Å². The molecule has 5 rings (SSSR count). The summed E-state index contributed by atoms with van der Waals surface area (Å²) in [6, 6.07) is 6.22. The molecule has 1 aliphatic carbocycles. The second kappa shape index (κ2) is 5.20. The van der Waals surface area contributed by atoms with Crippen molar-refractivity contribution >= 4 is 0 Å². The molecule has 118 valence electrons. The Morgan fingerprint density at radius 1 is 1.17 bits per heavy atom. The van der Waals surface area contributed by atoms with E-state index < -0.39 is 0 Å². The summed E-state index contributed by atoms with van der Waals surface area (Å²) in [5, 5.41) is 0. The van der Waals surface area contributed by atoms with Gasteiger partial charge in [0.25, 0.3) is 0 Å². The third-order valence-electron chi connectivity index (χ3n) is 4.83. The number of benzene rings is 1. The molecular weight excluding hydrogens is 290 g/mol. The van der Waals surface area contributed by atoms with Crippen molar-refractivity contribution in [2.75, 3.05) is 13.3 Å². The summed E-state index contributed by atoms with van der Waals surface area (Å²) < 4.78 is 10.9. The van der Waals surface area contributed by atoms with Crippen LogP contribution in [0.5, 0.6) is 11.5 Å². The molecule has 5 nitrogen and oxygen atoms in total. The molecule has 3 aliphatic rings. The van der Waals surface area contributed by atoms with Crippen LogP contribution in [0.1, 0.15) is 41.4 Å². The van der Waals surface area contributed by atoms with Gasteiger partial charge in [0, 0.05) is 31.7 Å². The van der Waals surface area contributed by atoms with Crippen molar-refractivity contribution in [1.29, 1.82) is 0 Å². The van der Waals surface area contributed by atoms with Gasteiger partial charge in [0.2, 0.25) is 6.79 Å². The van der Waals surface area contributed by atoms with Gasteiger partial charge in [0.1, 0.15) is 5.82 Å². The normalized spacial score (nSPS) is 19.7. The number of ether oxygens (including phenoxy) is 2. The molecule has 0 atom stereocenters. The standard InChI is InChI=1S/C18H19N3O2/c1-4-16-17(23-11-22-16)7-12(1)9-21-6-5-14-8-19-18(13-2-3-13)20-15(14)10-21/h1,4,7-8,13H,2-3,5-6,9-11H2.